The highest BCUT2D eigenvalue weighted by atomic mass is 16.5. The number of carbonyl (C=O) groups is 3. The molecule has 6 nitrogen and oxygen atoms in total. The molecule has 0 atom stereocenters. The number of hydrogen-bond donors (Lipinski definition) is 2. The van der Waals surface area contributed by atoms with Crippen LogP contribution in [-0.2, 0) is 9.53 Å². The van der Waals surface area contributed by atoms with Gasteiger partial charge in [-0.1, -0.05) is 36.4 Å². The molecule has 0 fully saturated rings. The smallest absolute Gasteiger partial charge is 0.336 e. The van der Waals surface area contributed by atoms with Crippen LogP contribution in [0.15, 0.2) is 48.5 Å². The highest BCUT2D eigenvalue weighted by Gasteiger charge is 2.17. The zero-order chi connectivity index (χ0) is 16.8. The molecule has 0 heterocycles. The van der Waals surface area contributed by atoms with Crippen LogP contribution in [0.1, 0.15) is 20.7 Å². The Kier molecular flexibility index (Phi) is 5.09. The molecule has 2 aromatic carbocycles. The minimum atomic E-state index is -1.08. The lowest BCUT2D eigenvalue weighted by molar-refractivity contribution is -0.139. The van der Waals surface area contributed by atoms with Crippen molar-refractivity contribution in [2.24, 2.45) is 0 Å². The Morgan fingerprint density at radius 2 is 1.48 bits per heavy atom. The van der Waals surface area contributed by atoms with E-state index in [1.54, 1.807) is 42.5 Å². The molecule has 0 bridgehead atoms. The van der Waals surface area contributed by atoms with E-state index in [-0.39, 0.29) is 17.7 Å². The molecular formula is C17H15NO5. The zero-order valence-corrected chi connectivity index (χ0v) is 12.4. The fraction of sp³-hybridized carbons (Fsp3) is 0.118. The molecular weight excluding hydrogens is 298 g/mol. The fourth-order valence-electron chi connectivity index (χ4n) is 2.14. The SMILES string of the molecule is COC(=O)CNC(=O)c1ccccc1-c1ccccc1C(=O)O. The first-order valence-corrected chi connectivity index (χ1v) is 6.81. The summed E-state index contributed by atoms with van der Waals surface area (Å²) in [7, 11) is 1.23. The van der Waals surface area contributed by atoms with E-state index in [4.69, 9.17) is 0 Å². The standard InChI is InChI=1S/C17H15NO5/c1-23-15(19)10-18-16(20)13-8-4-2-6-11(13)12-7-3-5-9-14(12)17(21)22/h2-9H,10H2,1H3,(H,18,20)(H,21,22). The second-order valence-corrected chi connectivity index (χ2v) is 4.66. The third kappa shape index (κ3) is 3.74. The van der Waals surface area contributed by atoms with Crippen molar-refractivity contribution in [3.8, 4) is 11.1 Å². The van der Waals surface area contributed by atoms with Gasteiger partial charge in [0.2, 0.25) is 0 Å². The first-order chi connectivity index (χ1) is 11.0. The molecule has 0 unspecified atom stereocenters. The summed E-state index contributed by atoms with van der Waals surface area (Å²) in [5.74, 6) is -2.13. The molecule has 23 heavy (non-hydrogen) atoms. The summed E-state index contributed by atoms with van der Waals surface area (Å²) in [5, 5.41) is 11.8. The van der Waals surface area contributed by atoms with Crippen molar-refractivity contribution < 1.29 is 24.2 Å². The van der Waals surface area contributed by atoms with Gasteiger partial charge in [-0.3, -0.25) is 9.59 Å². The highest BCUT2D eigenvalue weighted by molar-refractivity contribution is 6.05. The molecule has 0 aliphatic carbocycles. The summed E-state index contributed by atoms with van der Waals surface area (Å²) in [5.41, 5.74) is 1.29. The van der Waals surface area contributed by atoms with E-state index >= 15 is 0 Å². The van der Waals surface area contributed by atoms with Gasteiger partial charge in [0, 0.05) is 5.56 Å². The van der Waals surface area contributed by atoms with Crippen LogP contribution in [0.5, 0.6) is 0 Å². The Labute approximate surface area is 132 Å². The first kappa shape index (κ1) is 16.2. The van der Waals surface area contributed by atoms with E-state index < -0.39 is 17.8 Å². The molecule has 0 radical (unpaired) electrons. The Bertz CT molecular complexity index is 754. The van der Waals surface area contributed by atoms with Gasteiger partial charge in [0.05, 0.1) is 12.7 Å². The Hall–Kier alpha value is -3.15. The zero-order valence-electron chi connectivity index (χ0n) is 12.4. The van der Waals surface area contributed by atoms with Gasteiger partial charge in [-0.25, -0.2) is 4.79 Å². The van der Waals surface area contributed by atoms with E-state index in [9.17, 15) is 19.5 Å². The summed E-state index contributed by atoms with van der Waals surface area (Å²) in [6, 6.07) is 13.0. The summed E-state index contributed by atoms with van der Waals surface area (Å²) >= 11 is 0. The number of carboxylic acid groups (broad SMARTS) is 1. The van der Waals surface area contributed by atoms with Crippen LogP contribution >= 0.6 is 0 Å². The third-order valence-corrected chi connectivity index (χ3v) is 3.24. The molecule has 0 saturated carbocycles. The molecule has 118 valence electrons. The van der Waals surface area contributed by atoms with Gasteiger partial charge in [0.15, 0.2) is 0 Å². The van der Waals surface area contributed by atoms with E-state index in [2.05, 4.69) is 10.1 Å². The average molecular weight is 313 g/mol. The van der Waals surface area contributed by atoms with Crippen molar-refractivity contribution in [1.82, 2.24) is 5.32 Å². The molecule has 0 saturated heterocycles. The minimum Gasteiger partial charge on any atom is -0.478 e. The number of carbonyl (C=O) groups excluding carboxylic acids is 2. The van der Waals surface area contributed by atoms with Gasteiger partial charge in [0.1, 0.15) is 6.54 Å². The van der Waals surface area contributed by atoms with Crippen molar-refractivity contribution in [2.45, 2.75) is 0 Å². The monoisotopic (exact) mass is 313 g/mol. The predicted molar refractivity (Wildman–Crippen MR) is 83.2 cm³/mol. The largest absolute Gasteiger partial charge is 0.478 e. The van der Waals surface area contributed by atoms with Crippen molar-refractivity contribution in [2.75, 3.05) is 13.7 Å². The van der Waals surface area contributed by atoms with E-state index in [0.29, 0.717) is 11.1 Å². The van der Waals surface area contributed by atoms with Crippen LogP contribution in [0.3, 0.4) is 0 Å². The lowest BCUT2D eigenvalue weighted by Gasteiger charge is -2.12. The van der Waals surface area contributed by atoms with Crippen LogP contribution in [0.2, 0.25) is 0 Å². The topological polar surface area (TPSA) is 92.7 Å². The predicted octanol–water partition coefficient (Wildman–Crippen LogP) is 1.95. The van der Waals surface area contributed by atoms with Crippen molar-refractivity contribution >= 4 is 17.8 Å². The number of nitrogens with one attached hydrogen (secondary N) is 1. The number of esters is 1. The Morgan fingerprint density at radius 3 is 2.04 bits per heavy atom. The number of benzene rings is 2. The summed E-state index contributed by atoms with van der Waals surface area (Å²) < 4.78 is 4.47. The fourth-order valence-corrected chi connectivity index (χ4v) is 2.14. The molecule has 6 heteroatoms. The Balaban J connectivity index is 2.41. The highest BCUT2D eigenvalue weighted by Crippen LogP contribution is 2.27. The van der Waals surface area contributed by atoms with Gasteiger partial charge >= 0.3 is 11.9 Å². The van der Waals surface area contributed by atoms with Crippen molar-refractivity contribution in [3.63, 3.8) is 0 Å². The first-order valence-electron chi connectivity index (χ1n) is 6.81. The van der Waals surface area contributed by atoms with Crippen LogP contribution in [0.25, 0.3) is 11.1 Å². The number of aromatic carboxylic acids is 1. The molecule has 2 N–H and O–H groups in total. The van der Waals surface area contributed by atoms with E-state index in [1.165, 1.54) is 13.2 Å². The maximum atomic E-state index is 12.3. The average Bonchev–Trinajstić information content (AvgIpc) is 2.59. The number of amides is 1. The van der Waals surface area contributed by atoms with Gasteiger partial charge in [-0.15, -0.1) is 0 Å². The summed E-state index contributed by atoms with van der Waals surface area (Å²) in [6.45, 7) is -0.260. The van der Waals surface area contributed by atoms with Crippen LogP contribution in [-0.4, -0.2) is 36.6 Å². The van der Waals surface area contributed by atoms with Crippen LogP contribution in [0.4, 0.5) is 0 Å². The maximum absolute atomic E-state index is 12.3. The number of rotatable bonds is 5. The van der Waals surface area contributed by atoms with Gasteiger partial charge in [-0.05, 0) is 23.3 Å². The summed E-state index contributed by atoms with van der Waals surface area (Å²) in [6.07, 6.45) is 0. The molecule has 2 rings (SSSR count). The minimum absolute atomic E-state index is 0.0979. The molecule has 0 aliphatic heterocycles. The van der Waals surface area contributed by atoms with E-state index in [1.807, 2.05) is 0 Å². The quantitative estimate of drug-likeness (QED) is 0.823. The summed E-state index contributed by atoms with van der Waals surface area (Å²) in [4.78, 5) is 34.8. The number of ether oxygens (including phenoxy) is 1. The van der Waals surface area contributed by atoms with Crippen molar-refractivity contribution in [1.29, 1.82) is 0 Å². The normalized spacial score (nSPS) is 9.96. The van der Waals surface area contributed by atoms with Crippen LogP contribution < -0.4 is 5.32 Å². The van der Waals surface area contributed by atoms with Gasteiger partial charge in [-0.2, -0.15) is 0 Å². The Morgan fingerprint density at radius 1 is 0.957 bits per heavy atom. The molecule has 0 aromatic heterocycles. The van der Waals surface area contributed by atoms with Gasteiger partial charge < -0.3 is 15.2 Å². The lowest BCUT2D eigenvalue weighted by Crippen LogP contribution is -2.30. The second kappa shape index (κ2) is 7.22. The molecule has 1 amide bonds. The second-order valence-electron chi connectivity index (χ2n) is 4.66. The number of carboxylic acids is 1. The van der Waals surface area contributed by atoms with Crippen LogP contribution in [0, 0.1) is 0 Å². The molecule has 0 spiro atoms. The third-order valence-electron chi connectivity index (χ3n) is 3.24. The van der Waals surface area contributed by atoms with E-state index in [0.717, 1.165) is 0 Å². The lowest BCUT2D eigenvalue weighted by atomic mass is 9.95. The van der Waals surface area contributed by atoms with Gasteiger partial charge in [0.25, 0.3) is 5.91 Å². The number of hydrogen-bond acceptors (Lipinski definition) is 4. The molecule has 0 aliphatic rings. The van der Waals surface area contributed by atoms with Crippen molar-refractivity contribution in [3.05, 3.63) is 59.7 Å². The number of methoxy groups -OCH3 is 1. The maximum Gasteiger partial charge on any atom is 0.336 e. The molecule has 2 aromatic rings.